The van der Waals surface area contributed by atoms with Crippen LogP contribution in [0.2, 0.25) is 0 Å². The molecule has 0 saturated carbocycles. The van der Waals surface area contributed by atoms with Crippen LogP contribution in [-0.4, -0.2) is 47.0 Å². The number of ether oxygens (including phenoxy) is 2. The van der Waals surface area contributed by atoms with E-state index in [1.54, 1.807) is 48.5 Å². The van der Waals surface area contributed by atoms with E-state index >= 15 is 0 Å². The van der Waals surface area contributed by atoms with E-state index in [0.717, 1.165) is 0 Å². The van der Waals surface area contributed by atoms with Gasteiger partial charge in [0.1, 0.15) is 17.6 Å². The van der Waals surface area contributed by atoms with Crippen LogP contribution >= 0.6 is 0 Å². The molecule has 21 heavy (non-hydrogen) atoms. The number of likely N-dealkylation sites (N-methyl/N-ethyl adjacent to an activating group) is 1. The van der Waals surface area contributed by atoms with Gasteiger partial charge in [-0.05, 0) is 48.5 Å². The Morgan fingerprint density at radius 1 is 0.952 bits per heavy atom. The minimum absolute atomic E-state index is 0.369. The maximum Gasteiger partial charge on any atom is 0.410 e. The van der Waals surface area contributed by atoms with Gasteiger partial charge in [0.15, 0.2) is 5.78 Å². The zero-order valence-corrected chi connectivity index (χ0v) is 14.3. The van der Waals surface area contributed by atoms with Crippen LogP contribution < -0.4 is 0 Å². The van der Waals surface area contributed by atoms with Crippen LogP contribution in [0.25, 0.3) is 0 Å². The Morgan fingerprint density at radius 2 is 1.38 bits per heavy atom. The highest BCUT2D eigenvalue weighted by atomic mass is 16.6. The second-order valence-electron chi connectivity index (χ2n) is 7.00. The van der Waals surface area contributed by atoms with Crippen molar-refractivity contribution in [2.75, 3.05) is 7.05 Å². The highest BCUT2D eigenvalue weighted by Crippen LogP contribution is 2.13. The second-order valence-corrected chi connectivity index (χ2v) is 7.00. The summed E-state index contributed by atoms with van der Waals surface area (Å²) in [5.41, 5.74) is -1.28. The molecule has 0 rings (SSSR count). The van der Waals surface area contributed by atoms with Gasteiger partial charge in [-0.15, -0.1) is 0 Å². The molecule has 122 valence electrons. The zero-order valence-electron chi connectivity index (χ0n) is 14.3. The lowest BCUT2D eigenvalue weighted by Crippen LogP contribution is -2.44. The molecule has 0 aliphatic carbocycles. The van der Waals surface area contributed by atoms with Gasteiger partial charge in [0.25, 0.3) is 0 Å². The van der Waals surface area contributed by atoms with Crippen LogP contribution in [0.1, 0.15) is 54.9 Å². The van der Waals surface area contributed by atoms with E-state index in [1.165, 1.54) is 11.9 Å². The van der Waals surface area contributed by atoms with E-state index < -0.39 is 35.1 Å². The quantitative estimate of drug-likeness (QED) is 0.589. The number of amides is 1. The number of nitrogens with zero attached hydrogens (tertiary/aromatic N) is 1. The van der Waals surface area contributed by atoms with Crippen LogP contribution in [-0.2, 0) is 19.1 Å². The number of hydrogen-bond donors (Lipinski definition) is 0. The second kappa shape index (κ2) is 6.91. The molecule has 0 aliphatic rings. The first-order chi connectivity index (χ1) is 9.23. The van der Waals surface area contributed by atoms with E-state index in [4.69, 9.17) is 9.47 Å². The minimum atomic E-state index is -0.757. The van der Waals surface area contributed by atoms with Crippen molar-refractivity contribution in [1.29, 1.82) is 0 Å². The maximum absolute atomic E-state index is 12.0. The van der Waals surface area contributed by atoms with E-state index in [9.17, 15) is 14.4 Å². The summed E-state index contributed by atoms with van der Waals surface area (Å²) < 4.78 is 10.3. The maximum atomic E-state index is 12.0. The molecule has 0 aromatic heterocycles. The molecule has 0 radical (unpaired) electrons. The van der Waals surface area contributed by atoms with Crippen molar-refractivity contribution in [3.8, 4) is 0 Å². The van der Waals surface area contributed by atoms with Crippen LogP contribution in [0.4, 0.5) is 4.79 Å². The summed E-state index contributed by atoms with van der Waals surface area (Å²) in [5, 5.41) is 0. The Kier molecular flexibility index (Phi) is 6.39. The Balaban J connectivity index is 4.57. The van der Waals surface area contributed by atoms with Crippen molar-refractivity contribution in [2.45, 2.75) is 72.1 Å². The average molecular weight is 301 g/mol. The number of rotatable bonds is 4. The predicted molar refractivity (Wildman–Crippen MR) is 78.9 cm³/mol. The van der Waals surface area contributed by atoms with Gasteiger partial charge in [-0.25, -0.2) is 4.79 Å². The number of carbonyl (C=O) groups is 3. The smallest absolute Gasteiger partial charge is 0.410 e. The van der Waals surface area contributed by atoms with Crippen LogP contribution in [0.15, 0.2) is 0 Å². The average Bonchev–Trinajstić information content (AvgIpc) is 2.21. The third kappa shape index (κ3) is 8.32. The van der Waals surface area contributed by atoms with E-state index in [0.29, 0.717) is 0 Å². The Hall–Kier alpha value is -1.59. The van der Waals surface area contributed by atoms with Gasteiger partial charge in [0.05, 0.1) is 6.04 Å². The van der Waals surface area contributed by atoms with Crippen LogP contribution in [0, 0.1) is 0 Å². The number of hydrogen-bond acceptors (Lipinski definition) is 5. The Morgan fingerprint density at radius 3 is 1.76 bits per heavy atom. The molecule has 0 fully saturated rings. The molecular formula is C15H27NO5. The standard InChI is InChI=1S/C15H27NO5/c1-10(16(8)13(19)21-15(5,6)7)11(17)9-12(18)20-14(2,3)4/h10H,9H2,1-8H3/t10-/m0/s1. The molecule has 6 heteroatoms. The lowest BCUT2D eigenvalue weighted by molar-refractivity contribution is -0.156. The van der Waals surface area contributed by atoms with Crippen LogP contribution in [0.3, 0.4) is 0 Å². The molecule has 0 N–H and O–H groups in total. The molecule has 0 heterocycles. The van der Waals surface area contributed by atoms with Crippen LogP contribution in [0.5, 0.6) is 0 Å². The Labute approximate surface area is 126 Å². The molecule has 0 bridgehead atoms. The van der Waals surface area contributed by atoms with Crippen molar-refractivity contribution < 1.29 is 23.9 Å². The lowest BCUT2D eigenvalue weighted by Gasteiger charge is -2.28. The molecule has 0 spiro atoms. The topological polar surface area (TPSA) is 72.9 Å². The SMILES string of the molecule is C[C@@H](C(=O)CC(=O)OC(C)(C)C)N(C)C(=O)OC(C)(C)C. The third-order valence-corrected chi connectivity index (χ3v) is 2.47. The number of Topliss-reactive ketones (excluding diaryl/α,β-unsaturated/α-hetero) is 1. The highest BCUT2D eigenvalue weighted by molar-refractivity contribution is 5.99. The molecule has 0 saturated heterocycles. The molecule has 1 atom stereocenters. The van der Waals surface area contributed by atoms with Gasteiger partial charge in [0.2, 0.25) is 0 Å². The summed E-state index contributed by atoms with van der Waals surface area (Å²) >= 11 is 0. The molecule has 0 unspecified atom stereocenters. The van der Waals surface area contributed by atoms with E-state index in [-0.39, 0.29) is 6.42 Å². The van der Waals surface area contributed by atoms with Gasteiger partial charge in [-0.2, -0.15) is 0 Å². The largest absolute Gasteiger partial charge is 0.460 e. The summed E-state index contributed by atoms with van der Waals surface area (Å²) in [7, 11) is 1.46. The van der Waals surface area contributed by atoms with E-state index in [2.05, 4.69) is 0 Å². The van der Waals surface area contributed by atoms with Crippen molar-refractivity contribution in [3.63, 3.8) is 0 Å². The first-order valence-corrected chi connectivity index (χ1v) is 6.93. The van der Waals surface area contributed by atoms with Gasteiger partial charge >= 0.3 is 12.1 Å². The molecule has 0 aromatic rings. The first-order valence-electron chi connectivity index (χ1n) is 6.93. The number of esters is 1. The number of ketones is 1. The van der Waals surface area contributed by atoms with Gasteiger partial charge in [-0.1, -0.05) is 0 Å². The first kappa shape index (κ1) is 19.4. The summed E-state index contributed by atoms with van der Waals surface area (Å²) in [4.78, 5) is 36.7. The van der Waals surface area contributed by atoms with Gasteiger partial charge in [-0.3, -0.25) is 9.59 Å². The minimum Gasteiger partial charge on any atom is -0.460 e. The molecule has 1 amide bonds. The molecular weight excluding hydrogens is 274 g/mol. The van der Waals surface area contributed by atoms with Crippen molar-refractivity contribution >= 4 is 17.8 Å². The van der Waals surface area contributed by atoms with Crippen molar-refractivity contribution in [3.05, 3.63) is 0 Å². The normalized spacial score (nSPS) is 13.3. The fraction of sp³-hybridized carbons (Fsp3) is 0.800. The predicted octanol–water partition coefficient (Wildman–Crippen LogP) is 2.54. The van der Waals surface area contributed by atoms with Crippen molar-refractivity contribution in [1.82, 2.24) is 4.90 Å². The lowest BCUT2D eigenvalue weighted by atomic mass is 10.1. The van der Waals surface area contributed by atoms with E-state index in [1.807, 2.05) is 0 Å². The fourth-order valence-corrected chi connectivity index (χ4v) is 1.38. The zero-order chi connectivity index (χ0) is 17.0. The summed E-state index contributed by atoms with van der Waals surface area (Å²) in [6.07, 6.45) is -0.974. The van der Waals surface area contributed by atoms with Gasteiger partial charge in [0, 0.05) is 7.05 Å². The summed E-state index contributed by atoms with van der Waals surface area (Å²) in [5.74, 6) is -0.991. The Bertz CT molecular complexity index is 403. The molecule has 6 nitrogen and oxygen atoms in total. The summed E-state index contributed by atoms with van der Waals surface area (Å²) in [6, 6.07) is -0.757. The van der Waals surface area contributed by atoms with Gasteiger partial charge < -0.3 is 14.4 Å². The fourth-order valence-electron chi connectivity index (χ4n) is 1.38. The molecule has 0 aromatic carbocycles. The summed E-state index contributed by atoms with van der Waals surface area (Å²) in [6.45, 7) is 12.0. The monoisotopic (exact) mass is 301 g/mol. The number of carbonyl (C=O) groups excluding carboxylic acids is 3. The third-order valence-electron chi connectivity index (χ3n) is 2.47. The highest BCUT2D eigenvalue weighted by Gasteiger charge is 2.29. The molecule has 0 aliphatic heterocycles. The van der Waals surface area contributed by atoms with Crippen molar-refractivity contribution in [2.24, 2.45) is 0 Å².